The van der Waals surface area contributed by atoms with Gasteiger partial charge in [-0.05, 0) is 49.4 Å². The molecule has 2 heterocycles. The lowest BCUT2D eigenvalue weighted by atomic mass is 10.1. The number of anilines is 1. The van der Waals surface area contributed by atoms with Crippen molar-refractivity contribution < 1.29 is 9.53 Å². The topological polar surface area (TPSA) is 50.6 Å². The molecule has 0 bridgehead atoms. The maximum atomic E-state index is 12.7. The number of aryl methyl sites for hydroxylation is 1. The normalized spacial score (nSPS) is 14.4. The van der Waals surface area contributed by atoms with E-state index in [0.29, 0.717) is 18.9 Å². The van der Waals surface area contributed by atoms with Crippen LogP contribution in [-0.2, 0) is 29.0 Å². The fourth-order valence-electron chi connectivity index (χ4n) is 4.04. The predicted molar refractivity (Wildman–Crippen MR) is 121 cm³/mol. The van der Waals surface area contributed by atoms with Gasteiger partial charge in [0.05, 0.1) is 18.9 Å². The molecule has 30 heavy (non-hydrogen) atoms. The van der Waals surface area contributed by atoms with Crippen LogP contribution in [0.2, 0.25) is 0 Å². The Morgan fingerprint density at radius 3 is 2.47 bits per heavy atom. The minimum absolute atomic E-state index is 0.169. The molecule has 1 fully saturated rings. The van der Waals surface area contributed by atoms with Crippen molar-refractivity contribution in [2.24, 2.45) is 5.92 Å². The summed E-state index contributed by atoms with van der Waals surface area (Å²) in [7, 11) is 1.89. The number of rotatable bonds is 8. The van der Waals surface area contributed by atoms with Gasteiger partial charge >= 0.3 is 0 Å². The molecule has 0 saturated carbocycles. The Morgan fingerprint density at radius 1 is 1.17 bits per heavy atom. The summed E-state index contributed by atoms with van der Waals surface area (Å²) in [6.45, 7) is 13.5. The van der Waals surface area contributed by atoms with Gasteiger partial charge in [-0.15, -0.1) is 0 Å². The molecule has 1 amide bonds. The molecule has 1 aromatic carbocycles. The van der Waals surface area contributed by atoms with Crippen molar-refractivity contribution in [3.63, 3.8) is 0 Å². The fourth-order valence-corrected chi connectivity index (χ4v) is 4.04. The highest BCUT2D eigenvalue weighted by atomic mass is 16.5. The molecule has 0 spiro atoms. The maximum absolute atomic E-state index is 12.7. The number of hydrogen-bond donors (Lipinski definition) is 0. The van der Waals surface area contributed by atoms with E-state index in [4.69, 9.17) is 4.74 Å². The molecule has 0 atom stereocenters. The van der Waals surface area contributed by atoms with E-state index in [1.54, 1.807) is 0 Å². The average molecular weight is 413 g/mol. The van der Waals surface area contributed by atoms with Crippen molar-refractivity contribution in [3.05, 3.63) is 46.8 Å². The lowest BCUT2D eigenvalue weighted by Crippen LogP contribution is -2.36. The van der Waals surface area contributed by atoms with Crippen LogP contribution in [0.3, 0.4) is 0 Å². The van der Waals surface area contributed by atoms with Gasteiger partial charge in [0.15, 0.2) is 0 Å². The molecule has 1 aliphatic heterocycles. The van der Waals surface area contributed by atoms with Crippen molar-refractivity contribution in [2.45, 2.75) is 53.6 Å². The van der Waals surface area contributed by atoms with Gasteiger partial charge in [-0.2, -0.15) is 5.10 Å². The summed E-state index contributed by atoms with van der Waals surface area (Å²) in [6, 6.07) is 8.54. The average Bonchev–Trinajstić information content (AvgIpc) is 2.99. The molecule has 6 heteroatoms. The summed E-state index contributed by atoms with van der Waals surface area (Å²) in [4.78, 5) is 16.9. The first kappa shape index (κ1) is 22.3. The Morgan fingerprint density at radius 2 is 1.83 bits per heavy atom. The summed E-state index contributed by atoms with van der Waals surface area (Å²) >= 11 is 0. The van der Waals surface area contributed by atoms with Crippen LogP contribution >= 0.6 is 0 Å². The van der Waals surface area contributed by atoms with E-state index < -0.39 is 0 Å². The zero-order valence-electron chi connectivity index (χ0n) is 19.1. The Hall–Kier alpha value is -2.34. The van der Waals surface area contributed by atoms with Gasteiger partial charge in [0, 0.05) is 51.0 Å². The van der Waals surface area contributed by atoms with Crippen LogP contribution in [0.5, 0.6) is 0 Å². The van der Waals surface area contributed by atoms with Crippen LogP contribution in [-0.4, -0.2) is 53.9 Å². The molecular formula is C24H36N4O2. The predicted octanol–water partition coefficient (Wildman–Crippen LogP) is 3.58. The van der Waals surface area contributed by atoms with Gasteiger partial charge in [0.1, 0.15) is 0 Å². The third-order valence-corrected chi connectivity index (χ3v) is 5.82. The van der Waals surface area contributed by atoms with Gasteiger partial charge < -0.3 is 14.5 Å². The molecule has 1 saturated heterocycles. The molecular weight excluding hydrogens is 376 g/mol. The highest BCUT2D eigenvalue weighted by Gasteiger charge is 2.16. The molecule has 0 aliphatic carbocycles. The number of carbonyl (C=O) groups is 1. The van der Waals surface area contributed by atoms with E-state index in [1.807, 2.05) is 18.9 Å². The molecule has 6 nitrogen and oxygen atoms in total. The van der Waals surface area contributed by atoms with Gasteiger partial charge in [0.25, 0.3) is 0 Å². The van der Waals surface area contributed by atoms with E-state index in [2.05, 4.69) is 59.7 Å². The van der Waals surface area contributed by atoms with Crippen LogP contribution in [0.1, 0.15) is 42.8 Å². The van der Waals surface area contributed by atoms with E-state index in [9.17, 15) is 4.79 Å². The summed E-state index contributed by atoms with van der Waals surface area (Å²) < 4.78 is 7.50. The zero-order chi connectivity index (χ0) is 21.7. The van der Waals surface area contributed by atoms with Crippen molar-refractivity contribution in [1.82, 2.24) is 14.7 Å². The van der Waals surface area contributed by atoms with Crippen molar-refractivity contribution in [2.75, 3.05) is 38.3 Å². The summed E-state index contributed by atoms with van der Waals surface area (Å²) in [5.74, 6) is 0.723. The van der Waals surface area contributed by atoms with E-state index >= 15 is 0 Å². The lowest BCUT2D eigenvalue weighted by molar-refractivity contribution is -0.130. The standard InChI is InChI=1S/C24H36N4O2/c1-18(2)16-28-20(4)23(19(3)25-28)10-11-24(29)26(5)17-21-6-8-22(9-7-21)27-12-14-30-15-13-27/h6-9,18H,10-17H2,1-5H3. The molecule has 2 aromatic rings. The van der Waals surface area contributed by atoms with Gasteiger partial charge in [0.2, 0.25) is 5.91 Å². The largest absolute Gasteiger partial charge is 0.378 e. The van der Waals surface area contributed by atoms with Crippen molar-refractivity contribution in [1.29, 1.82) is 0 Å². The highest BCUT2D eigenvalue weighted by Crippen LogP contribution is 2.19. The monoisotopic (exact) mass is 412 g/mol. The van der Waals surface area contributed by atoms with Gasteiger partial charge in [-0.1, -0.05) is 26.0 Å². The first-order valence-corrected chi connectivity index (χ1v) is 11.0. The van der Waals surface area contributed by atoms with E-state index in [-0.39, 0.29) is 5.91 Å². The molecule has 1 aliphatic rings. The molecule has 0 radical (unpaired) electrons. The molecule has 0 unspecified atom stereocenters. The Bertz CT molecular complexity index is 836. The van der Waals surface area contributed by atoms with E-state index in [1.165, 1.54) is 16.9 Å². The highest BCUT2D eigenvalue weighted by molar-refractivity contribution is 5.76. The fraction of sp³-hybridized carbons (Fsp3) is 0.583. The first-order valence-electron chi connectivity index (χ1n) is 11.0. The van der Waals surface area contributed by atoms with Gasteiger partial charge in [-0.3, -0.25) is 9.48 Å². The quantitative estimate of drug-likeness (QED) is 0.665. The van der Waals surface area contributed by atoms with Crippen LogP contribution in [0, 0.1) is 19.8 Å². The zero-order valence-corrected chi connectivity index (χ0v) is 19.1. The molecule has 0 N–H and O–H groups in total. The first-order chi connectivity index (χ1) is 14.3. The summed E-state index contributed by atoms with van der Waals surface area (Å²) in [5.41, 5.74) is 5.82. The summed E-state index contributed by atoms with van der Waals surface area (Å²) in [6.07, 6.45) is 1.26. The summed E-state index contributed by atoms with van der Waals surface area (Å²) in [5, 5.41) is 4.67. The van der Waals surface area contributed by atoms with Crippen molar-refractivity contribution >= 4 is 11.6 Å². The minimum Gasteiger partial charge on any atom is -0.378 e. The number of ether oxygens (including phenoxy) is 1. The number of amides is 1. The number of nitrogens with zero attached hydrogens (tertiary/aromatic N) is 4. The van der Waals surface area contributed by atoms with Crippen LogP contribution in [0.15, 0.2) is 24.3 Å². The number of benzene rings is 1. The Balaban J connectivity index is 1.53. The molecule has 3 rings (SSSR count). The second kappa shape index (κ2) is 10.1. The Labute approximate surface area is 180 Å². The second-order valence-corrected chi connectivity index (χ2v) is 8.74. The van der Waals surface area contributed by atoms with Crippen molar-refractivity contribution in [3.8, 4) is 0 Å². The molecule has 164 valence electrons. The minimum atomic E-state index is 0.169. The smallest absolute Gasteiger partial charge is 0.222 e. The maximum Gasteiger partial charge on any atom is 0.222 e. The number of carbonyl (C=O) groups excluding carboxylic acids is 1. The van der Waals surface area contributed by atoms with Gasteiger partial charge in [-0.25, -0.2) is 0 Å². The van der Waals surface area contributed by atoms with E-state index in [0.717, 1.165) is 50.5 Å². The number of aromatic nitrogens is 2. The molecule has 1 aromatic heterocycles. The second-order valence-electron chi connectivity index (χ2n) is 8.74. The third kappa shape index (κ3) is 5.63. The van der Waals surface area contributed by atoms with Crippen LogP contribution < -0.4 is 4.90 Å². The number of morpholine rings is 1. The van der Waals surface area contributed by atoms with Crippen LogP contribution in [0.25, 0.3) is 0 Å². The number of hydrogen-bond acceptors (Lipinski definition) is 4. The lowest BCUT2D eigenvalue weighted by Gasteiger charge is -2.29. The SMILES string of the molecule is Cc1nn(CC(C)C)c(C)c1CCC(=O)N(C)Cc1ccc(N2CCOCC2)cc1. The Kier molecular flexibility index (Phi) is 7.53. The third-order valence-electron chi connectivity index (χ3n) is 5.82. The van der Waals surface area contributed by atoms with Crippen LogP contribution in [0.4, 0.5) is 5.69 Å².